The van der Waals surface area contributed by atoms with Gasteiger partial charge in [-0.2, -0.15) is 4.98 Å². The molecule has 0 N–H and O–H groups in total. The van der Waals surface area contributed by atoms with Crippen molar-refractivity contribution >= 4 is 5.82 Å². The van der Waals surface area contributed by atoms with E-state index in [0.29, 0.717) is 28.9 Å². The molecule has 0 aromatic carbocycles. The van der Waals surface area contributed by atoms with Crippen LogP contribution in [-0.4, -0.2) is 38.4 Å². The predicted molar refractivity (Wildman–Crippen MR) is 92.5 cm³/mol. The molecule has 0 bridgehead atoms. The molecule has 134 valence electrons. The van der Waals surface area contributed by atoms with Gasteiger partial charge in [-0.1, -0.05) is 5.16 Å². The van der Waals surface area contributed by atoms with Gasteiger partial charge in [-0.05, 0) is 43.7 Å². The molecule has 1 aliphatic heterocycles. The first-order valence-electron chi connectivity index (χ1n) is 8.95. The van der Waals surface area contributed by atoms with Gasteiger partial charge in [0.15, 0.2) is 5.82 Å². The number of aromatic nitrogens is 5. The van der Waals surface area contributed by atoms with Crippen molar-refractivity contribution in [3.05, 3.63) is 35.9 Å². The molecule has 26 heavy (non-hydrogen) atoms. The Morgan fingerprint density at radius 1 is 1.19 bits per heavy atom. The summed E-state index contributed by atoms with van der Waals surface area (Å²) >= 11 is 0. The number of aryl methyl sites for hydroxylation is 2. The highest BCUT2D eigenvalue weighted by atomic mass is 16.5. The van der Waals surface area contributed by atoms with Crippen molar-refractivity contribution in [2.45, 2.75) is 39.0 Å². The molecule has 2 fully saturated rings. The Hall–Kier alpha value is -2.77. The van der Waals surface area contributed by atoms with Crippen LogP contribution in [-0.2, 0) is 0 Å². The van der Waals surface area contributed by atoms with Crippen LogP contribution in [0, 0.1) is 19.3 Å². The summed E-state index contributed by atoms with van der Waals surface area (Å²) in [5.74, 6) is 3.92. The van der Waals surface area contributed by atoms with E-state index in [1.165, 1.54) is 0 Å². The molecular weight excluding hydrogens is 332 g/mol. The summed E-state index contributed by atoms with van der Waals surface area (Å²) in [5, 5.41) is 12.1. The standard InChI is InChI=1S/C18H20N6O2/c1-11-20-16(26-23-11)13-4-3-7-19-15(13)24-8-5-18(6-9-24)10-14(18)17-22-21-12(2)25-17/h3-4,7,14H,5-6,8-10H2,1-2H3. The summed E-state index contributed by atoms with van der Waals surface area (Å²) in [6, 6.07) is 3.89. The van der Waals surface area contributed by atoms with E-state index in [9.17, 15) is 0 Å². The average molecular weight is 352 g/mol. The van der Waals surface area contributed by atoms with Gasteiger partial charge >= 0.3 is 0 Å². The van der Waals surface area contributed by atoms with Gasteiger partial charge in [-0.3, -0.25) is 0 Å². The van der Waals surface area contributed by atoms with E-state index in [1.807, 2.05) is 32.2 Å². The third-order valence-electron chi connectivity index (χ3n) is 5.63. The second-order valence-electron chi connectivity index (χ2n) is 7.29. The molecule has 0 radical (unpaired) electrons. The number of nitrogens with zero attached hydrogens (tertiary/aromatic N) is 6. The first-order chi connectivity index (χ1) is 12.6. The van der Waals surface area contributed by atoms with E-state index in [2.05, 4.69) is 30.2 Å². The van der Waals surface area contributed by atoms with Crippen LogP contribution in [0.1, 0.15) is 42.8 Å². The molecule has 1 unspecified atom stereocenters. The molecule has 1 atom stereocenters. The Bertz CT molecular complexity index is 941. The Labute approximate surface area is 150 Å². The minimum absolute atomic E-state index is 0.311. The van der Waals surface area contributed by atoms with Crippen molar-refractivity contribution < 1.29 is 8.94 Å². The fourth-order valence-corrected chi connectivity index (χ4v) is 4.09. The monoisotopic (exact) mass is 352 g/mol. The number of piperidine rings is 1. The van der Waals surface area contributed by atoms with Gasteiger partial charge in [0, 0.05) is 32.1 Å². The van der Waals surface area contributed by atoms with Gasteiger partial charge < -0.3 is 13.8 Å². The second kappa shape index (κ2) is 5.62. The van der Waals surface area contributed by atoms with Crippen LogP contribution in [0.4, 0.5) is 5.82 Å². The number of pyridine rings is 1. The Kier molecular flexibility index (Phi) is 3.35. The smallest absolute Gasteiger partial charge is 0.261 e. The topological polar surface area (TPSA) is 94.0 Å². The van der Waals surface area contributed by atoms with E-state index in [4.69, 9.17) is 8.94 Å². The van der Waals surface area contributed by atoms with Gasteiger partial charge in [-0.25, -0.2) is 4.98 Å². The highest BCUT2D eigenvalue weighted by molar-refractivity contribution is 5.69. The molecule has 3 aromatic heterocycles. The number of hydrogen-bond acceptors (Lipinski definition) is 8. The zero-order chi connectivity index (χ0) is 17.7. The zero-order valence-corrected chi connectivity index (χ0v) is 14.8. The third-order valence-corrected chi connectivity index (χ3v) is 5.63. The number of rotatable bonds is 3. The van der Waals surface area contributed by atoms with Crippen LogP contribution in [0.3, 0.4) is 0 Å². The van der Waals surface area contributed by atoms with Crippen LogP contribution >= 0.6 is 0 Å². The summed E-state index contributed by atoms with van der Waals surface area (Å²) in [7, 11) is 0. The van der Waals surface area contributed by atoms with Crippen LogP contribution in [0.25, 0.3) is 11.5 Å². The Morgan fingerprint density at radius 2 is 2.04 bits per heavy atom. The lowest BCUT2D eigenvalue weighted by molar-refractivity contribution is 0.348. The molecule has 1 saturated heterocycles. The molecular formula is C18H20N6O2. The first-order valence-corrected chi connectivity index (χ1v) is 8.95. The van der Waals surface area contributed by atoms with E-state index in [-0.39, 0.29) is 0 Å². The highest BCUT2D eigenvalue weighted by Gasteiger charge is 2.58. The number of anilines is 1. The van der Waals surface area contributed by atoms with E-state index in [0.717, 1.165) is 49.6 Å². The quantitative estimate of drug-likeness (QED) is 0.710. The van der Waals surface area contributed by atoms with Crippen LogP contribution in [0.2, 0.25) is 0 Å². The van der Waals surface area contributed by atoms with Crippen molar-refractivity contribution in [3.63, 3.8) is 0 Å². The molecule has 8 heteroatoms. The molecule has 2 aliphatic rings. The largest absolute Gasteiger partial charge is 0.425 e. The minimum Gasteiger partial charge on any atom is -0.425 e. The molecule has 0 amide bonds. The fourth-order valence-electron chi connectivity index (χ4n) is 4.09. The van der Waals surface area contributed by atoms with Crippen molar-refractivity contribution in [2.75, 3.05) is 18.0 Å². The lowest BCUT2D eigenvalue weighted by Gasteiger charge is -2.34. The molecule has 1 spiro atoms. The fraction of sp³-hybridized carbons (Fsp3) is 0.500. The Balaban J connectivity index is 1.34. The van der Waals surface area contributed by atoms with Crippen LogP contribution < -0.4 is 4.90 Å². The van der Waals surface area contributed by atoms with Crippen molar-refractivity contribution in [2.24, 2.45) is 5.41 Å². The number of hydrogen-bond donors (Lipinski definition) is 0. The van der Waals surface area contributed by atoms with E-state index >= 15 is 0 Å². The summed E-state index contributed by atoms with van der Waals surface area (Å²) in [4.78, 5) is 11.3. The summed E-state index contributed by atoms with van der Waals surface area (Å²) < 4.78 is 11.0. The van der Waals surface area contributed by atoms with Crippen LogP contribution in [0.5, 0.6) is 0 Å². The van der Waals surface area contributed by atoms with Gasteiger partial charge in [0.2, 0.25) is 11.8 Å². The van der Waals surface area contributed by atoms with Crippen molar-refractivity contribution in [1.29, 1.82) is 0 Å². The SMILES string of the molecule is Cc1noc(-c2cccnc2N2CCC3(CC2)CC3c2nnc(C)o2)n1. The average Bonchev–Trinajstić information content (AvgIpc) is 2.96. The minimum atomic E-state index is 0.311. The van der Waals surface area contributed by atoms with Gasteiger partial charge in [0.05, 0.1) is 5.56 Å². The lowest BCUT2D eigenvalue weighted by atomic mass is 9.90. The second-order valence-corrected chi connectivity index (χ2v) is 7.29. The third kappa shape index (κ3) is 2.48. The summed E-state index contributed by atoms with van der Waals surface area (Å²) in [5.41, 5.74) is 1.20. The molecule has 5 rings (SSSR count). The highest BCUT2D eigenvalue weighted by Crippen LogP contribution is 2.64. The maximum absolute atomic E-state index is 5.65. The predicted octanol–water partition coefficient (Wildman–Crippen LogP) is 2.91. The molecule has 1 aliphatic carbocycles. The summed E-state index contributed by atoms with van der Waals surface area (Å²) in [6.45, 7) is 5.55. The molecule has 8 nitrogen and oxygen atoms in total. The van der Waals surface area contributed by atoms with Crippen molar-refractivity contribution in [3.8, 4) is 11.5 Å². The Morgan fingerprint density at radius 3 is 2.73 bits per heavy atom. The maximum Gasteiger partial charge on any atom is 0.261 e. The molecule has 1 saturated carbocycles. The lowest BCUT2D eigenvalue weighted by Crippen LogP contribution is -2.36. The van der Waals surface area contributed by atoms with Gasteiger partial charge in [-0.15, -0.1) is 10.2 Å². The summed E-state index contributed by atoms with van der Waals surface area (Å²) in [6.07, 6.45) is 5.14. The van der Waals surface area contributed by atoms with Gasteiger partial charge in [0.1, 0.15) is 5.82 Å². The van der Waals surface area contributed by atoms with Crippen molar-refractivity contribution in [1.82, 2.24) is 25.3 Å². The maximum atomic E-state index is 5.65. The van der Waals surface area contributed by atoms with Gasteiger partial charge in [0.25, 0.3) is 5.89 Å². The zero-order valence-electron chi connectivity index (χ0n) is 14.8. The first kappa shape index (κ1) is 15.5. The normalized spacial score (nSPS) is 21.3. The molecule has 4 heterocycles. The molecule has 3 aromatic rings. The van der Waals surface area contributed by atoms with E-state index < -0.39 is 0 Å². The van der Waals surface area contributed by atoms with E-state index in [1.54, 1.807) is 0 Å². The van der Waals surface area contributed by atoms with Crippen LogP contribution in [0.15, 0.2) is 27.3 Å².